The van der Waals surface area contributed by atoms with Crippen LogP contribution in [0.25, 0.3) is 0 Å². The van der Waals surface area contributed by atoms with Gasteiger partial charge in [-0.25, -0.2) is 0 Å². The molecular weight excluding hydrogens is 470 g/mol. The SMILES string of the molecule is CCOC(=O)C[C@@H]([C@H]1O[C@@H]2OC(C)(C)O[C@@H]2[C@H]1O)N1OC(=O)C[C@H]1[C@H]1O[C@@H]2OC(C)(C)O[C@@H]2[C@H]1O. The normalized spacial score (nSPS) is 44.8. The third-order valence-electron chi connectivity index (χ3n) is 6.78. The Hall–Kier alpha value is -1.42. The van der Waals surface area contributed by atoms with Crippen LogP contribution in [-0.4, -0.2) is 107 Å². The van der Waals surface area contributed by atoms with E-state index in [2.05, 4.69) is 0 Å². The first-order valence-corrected chi connectivity index (χ1v) is 11.9. The first-order chi connectivity index (χ1) is 16.4. The van der Waals surface area contributed by atoms with Crippen molar-refractivity contribution in [3.8, 4) is 0 Å². The first-order valence-electron chi connectivity index (χ1n) is 11.9. The summed E-state index contributed by atoms with van der Waals surface area (Å²) in [5.41, 5.74) is 0. The van der Waals surface area contributed by atoms with Crippen LogP contribution in [-0.2, 0) is 47.6 Å². The van der Waals surface area contributed by atoms with Gasteiger partial charge in [0.1, 0.15) is 36.6 Å². The summed E-state index contributed by atoms with van der Waals surface area (Å²) in [6.07, 6.45) is -7.93. The highest BCUT2D eigenvalue weighted by atomic mass is 16.9. The molecule has 0 saturated carbocycles. The van der Waals surface area contributed by atoms with Gasteiger partial charge in [0.05, 0.1) is 31.5 Å². The van der Waals surface area contributed by atoms with Crippen LogP contribution in [0, 0.1) is 0 Å². The van der Waals surface area contributed by atoms with Crippen molar-refractivity contribution in [2.75, 3.05) is 6.61 Å². The first kappa shape index (κ1) is 25.2. The molecule has 0 amide bonds. The van der Waals surface area contributed by atoms with Crippen molar-refractivity contribution in [2.24, 2.45) is 0 Å². The third kappa shape index (κ3) is 4.58. The van der Waals surface area contributed by atoms with E-state index in [1.165, 1.54) is 5.06 Å². The molecule has 5 heterocycles. The lowest BCUT2D eigenvalue weighted by Gasteiger charge is -2.37. The maximum Gasteiger partial charge on any atom is 0.326 e. The van der Waals surface area contributed by atoms with Crippen molar-refractivity contribution < 1.29 is 57.8 Å². The molecule has 5 saturated heterocycles. The summed E-state index contributed by atoms with van der Waals surface area (Å²) in [5.74, 6) is -3.04. The Morgan fingerprint density at radius 2 is 1.60 bits per heavy atom. The average Bonchev–Trinajstić information content (AvgIpc) is 3.49. The number of hydrogen-bond acceptors (Lipinski definition) is 13. The van der Waals surface area contributed by atoms with Gasteiger partial charge in [-0.2, -0.15) is 0 Å². The number of ether oxygens (including phenoxy) is 7. The maximum absolute atomic E-state index is 12.5. The van der Waals surface area contributed by atoms with E-state index in [1.54, 1.807) is 34.6 Å². The number of hydroxylamine groups is 2. The summed E-state index contributed by atoms with van der Waals surface area (Å²) < 4.78 is 40.0. The zero-order chi connectivity index (χ0) is 25.3. The number of rotatable bonds is 6. The summed E-state index contributed by atoms with van der Waals surface area (Å²) in [5, 5.41) is 23.3. The Balaban J connectivity index is 1.39. The Labute approximate surface area is 202 Å². The van der Waals surface area contributed by atoms with E-state index in [9.17, 15) is 19.8 Å². The van der Waals surface area contributed by atoms with Crippen LogP contribution >= 0.6 is 0 Å². The van der Waals surface area contributed by atoms with Gasteiger partial charge in [-0.15, -0.1) is 5.06 Å². The zero-order valence-corrected chi connectivity index (χ0v) is 20.3. The number of carbonyl (C=O) groups is 2. The van der Waals surface area contributed by atoms with E-state index in [0.717, 1.165) is 0 Å². The number of aliphatic hydroxyl groups is 2. The van der Waals surface area contributed by atoms with E-state index in [0.29, 0.717) is 0 Å². The zero-order valence-electron chi connectivity index (χ0n) is 20.3. The highest BCUT2D eigenvalue weighted by Gasteiger charge is 2.62. The van der Waals surface area contributed by atoms with Gasteiger partial charge < -0.3 is 48.2 Å². The van der Waals surface area contributed by atoms with Crippen molar-refractivity contribution in [1.29, 1.82) is 0 Å². The molecule has 0 spiro atoms. The molecule has 0 aromatic heterocycles. The molecule has 0 unspecified atom stereocenters. The van der Waals surface area contributed by atoms with Crippen LogP contribution in [0.15, 0.2) is 0 Å². The largest absolute Gasteiger partial charge is 0.466 e. The van der Waals surface area contributed by atoms with Gasteiger partial charge in [-0.3, -0.25) is 9.59 Å². The second-order valence-corrected chi connectivity index (χ2v) is 10.3. The van der Waals surface area contributed by atoms with Gasteiger partial charge in [0.2, 0.25) is 0 Å². The number of carbonyl (C=O) groups excluding carboxylic acids is 2. The third-order valence-corrected chi connectivity index (χ3v) is 6.78. The van der Waals surface area contributed by atoms with Crippen molar-refractivity contribution in [2.45, 2.75) is 120 Å². The van der Waals surface area contributed by atoms with Crippen LogP contribution in [0.5, 0.6) is 0 Å². The van der Waals surface area contributed by atoms with Gasteiger partial charge >= 0.3 is 11.9 Å². The second kappa shape index (κ2) is 8.85. The molecule has 5 aliphatic heterocycles. The Morgan fingerprint density at radius 3 is 2.17 bits per heavy atom. The fourth-order valence-electron chi connectivity index (χ4n) is 5.47. The van der Waals surface area contributed by atoms with Crippen molar-refractivity contribution in [3.63, 3.8) is 0 Å². The predicted octanol–water partition coefficient (Wildman–Crippen LogP) is -0.685. The lowest BCUT2D eigenvalue weighted by Crippen LogP contribution is -2.56. The molecule has 5 rings (SSSR count). The average molecular weight is 504 g/mol. The molecule has 0 radical (unpaired) electrons. The van der Waals surface area contributed by atoms with E-state index in [-0.39, 0.29) is 19.4 Å². The molecule has 0 bridgehead atoms. The monoisotopic (exact) mass is 503 g/mol. The molecule has 5 fully saturated rings. The number of esters is 1. The highest BCUT2D eigenvalue weighted by molar-refractivity contribution is 5.73. The van der Waals surface area contributed by atoms with Crippen LogP contribution in [0.2, 0.25) is 0 Å². The maximum atomic E-state index is 12.5. The summed E-state index contributed by atoms with van der Waals surface area (Å²) in [4.78, 5) is 30.5. The van der Waals surface area contributed by atoms with Crippen LogP contribution in [0.3, 0.4) is 0 Å². The van der Waals surface area contributed by atoms with E-state index < -0.39 is 84.8 Å². The van der Waals surface area contributed by atoms with E-state index in [4.69, 9.17) is 38.0 Å². The quantitative estimate of drug-likeness (QED) is 0.441. The van der Waals surface area contributed by atoms with Gasteiger partial charge in [0.25, 0.3) is 0 Å². The van der Waals surface area contributed by atoms with Gasteiger partial charge in [0.15, 0.2) is 24.2 Å². The number of fused-ring (bicyclic) bond motifs is 2. The molecule has 0 aromatic rings. The van der Waals surface area contributed by atoms with E-state index >= 15 is 0 Å². The minimum atomic E-state index is -1.19. The lowest BCUT2D eigenvalue weighted by molar-refractivity contribution is -0.259. The van der Waals surface area contributed by atoms with Crippen molar-refractivity contribution >= 4 is 11.9 Å². The highest BCUT2D eigenvalue weighted by Crippen LogP contribution is 2.44. The van der Waals surface area contributed by atoms with Crippen LogP contribution in [0.1, 0.15) is 47.5 Å². The second-order valence-electron chi connectivity index (χ2n) is 10.3. The van der Waals surface area contributed by atoms with Gasteiger partial charge in [0, 0.05) is 0 Å². The molecule has 13 heteroatoms. The van der Waals surface area contributed by atoms with Crippen LogP contribution in [0.4, 0.5) is 0 Å². The lowest BCUT2D eigenvalue weighted by atomic mass is 9.95. The molecular formula is C22H33NO12. The number of hydrogen-bond donors (Lipinski definition) is 2. The summed E-state index contributed by atoms with van der Waals surface area (Å²) in [7, 11) is 0. The minimum Gasteiger partial charge on any atom is -0.466 e. The van der Waals surface area contributed by atoms with Crippen molar-refractivity contribution in [3.05, 3.63) is 0 Å². The molecule has 5 aliphatic rings. The number of nitrogens with zero attached hydrogens (tertiary/aromatic N) is 1. The summed E-state index contributed by atoms with van der Waals surface area (Å²) in [6.45, 7) is 8.64. The molecule has 2 N–H and O–H groups in total. The van der Waals surface area contributed by atoms with Gasteiger partial charge in [-0.05, 0) is 34.6 Å². The Bertz CT molecular complexity index is 850. The summed E-state index contributed by atoms with van der Waals surface area (Å²) >= 11 is 0. The number of aliphatic hydroxyl groups excluding tert-OH is 2. The topological polar surface area (TPSA) is 152 Å². The fraction of sp³-hybridized carbons (Fsp3) is 0.909. The molecule has 0 aliphatic carbocycles. The molecule has 198 valence electrons. The molecule has 10 atom stereocenters. The van der Waals surface area contributed by atoms with E-state index in [1.807, 2.05) is 0 Å². The minimum absolute atomic E-state index is 0.125. The smallest absolute Gasteiger partial charge is 0.326 e. The Morgan fingerprint density at radius 1 is 1.00 bits per heavy atom. The standard InChI is InChI=1S/C22H33NO12/c1-6-28-11(24)7-9(15-13(26)17-19(29-15)33-21(2,3)31-17)23-10(8-12(25)35-23)16-14(27)18-20(30-16)34-22(4,5)32-18/h9-10,13-20,26-27H,6-8H2,1-5H3/t9-,10-,13-,14-,15+,16+,17+,18+,19+,20+/m0/s1. The predicted molar refractivity (Wildman–Crippen MR) is 111 cm³/mol. The fourth-order valence-corrected chi connectivity index (χ4v) is 5.47. The molecule has 0 aromatic carbocycles. The Kier molecular flexibility index (Phi) is 6.38. The summed E-state index contributed by atoms with van der Waals surface area (Å²) in [6, 6.07) is -1.79. The van der Waals surface area contributed by atoms with Gasteiger partial charge in [-0.1, -0.05) is 0 Å². The van der Waals surface area contributed by atoms with Crippen molar-refractivity contribution in [1.82, 2.24) is 5.06 Å². The molecule has 13 nitrogen and oxygen atoms in total. The molecule has 35 heavy (non-hydrogen) atoms. The van der Waals surface area contributed by atoms with Crippen LogP contribution < -0.4 is 0 Å².